The van der Waals surface area contributed by atoms with Gasteiger partial charge in [0.2, 0.25) is 5.91 Å². The van der Waals surface area contributed by atoms with Crippen molar-refractivity contribution in [2.45, 2.75) is 39.2 Å². The van der Waals surface area contributed by atoms with Gasteiger partial charge in [-0.2, -0.15) is 10.1 Å². The Labute approximate surface area is 144 Å². The van der Waals surface area contributed by atoms with Crippen molar-refractivity contribution in [2.75, 3.05) is 6.54 Å². The lowest BCUT2D eigenvalue weighted by molar-refractivity contribution is -0.131. The molecule has 1 atom stereocenters. The Morgan fingerprint density at radius 1 is 1.42 bits per heavy atom. The summed E-state index contributed by atoms with van der Waals surface area (Å²) in [6.45, 7) is 4.74. The van der Waals surface area contributed by atoms with Crippen LogP contribution < -0.4 is 0 Å². The Morgan fingerprint density at radius 3 is 3.08 bits per heavy atom. The van der Waals surface area contributed by atoms with Crippen molar-refractivity contribution >= 4 is 23.0 Å². The maximum absolute atomic E-state index is 13.0. The highest BCUT2D eigenvalue weighted by atomic mass is 32.1. The molecular formula is C17H19N5OS. The van der Waals surface area contributed by atoms with Crippen LogP contribution in [0.5, 0.6) is 0 Å². The van der Waals surface area contributed by atoms with E-state index in [1.165, 1.54) is 11.2 Å². The number of amides is 1. The first-order valence-corrected chi connectivity index (χ1v) is 9.02. The second kappa shape index (κ2) is 5.98. The van der Waals surface area contributed by atoms with E-state index in [2.05, 4.69) is 32.6 Å². The Morgan fingerprint density at radius 2 is 2.29 bits per heavy atom. The summed E-state index contributed by atoms with van der Waals surface area (Å²) in [6.07, 6.45) is 3.97. The predicted octanol–water partition coefficient (Wildman–Crippen LogP) is 2.71. The summed E-state index contributed by atoms with van der Waals surface area (Å²) in [5.41, 5.74) is 2.75. The van der Waals surface area contributed by atoms with Gasteiger partial charge in [0.25, 0.3) is 5.78 Å². The number of rotatable bonds is 3. The number of carbonyl (C=O) groups is 1. The summed E-state index contributed by atoms with van der Waals surface area (Å²) >= 11 is 1.73. The molecule has 0 radical (unpaired) electrons. The van der Waals surface area contributed by atoms with Crippen LogP contribution in [-0.4, -0.2) is 36.9 Å². The molecule has 1 saturated heterocycles. The topological polar surface area (TPSA) is 63.4 Å². The maximum Gasteiger partial charge on any atom is 0.252 e. The number of aromatic nitrogens is 4. The van der Waals surface area contributed by atoms with Crippen LogP contribution in [0.2, 0.25) is 0 Å². The molecule has 1 unspecified atom stereocenters. The molecule has 0 saturated carbocycles. The zero-order valence-corrected chi connectivity index (χ0v) is 14.6. The minimum absolute atomic E-state index is 0.165. The largest absolute Gasteiger partial charge is 0.335 e. The smallest absolute Gasteiger partial charge is 0.252 e. The van der Waals surface area contributed by atoms with Gasteiger partial charge in [-0.1, -0.05) is 6.07 Å². The fraction of sp³-hybridized carbons (Fsp3) is 0.412. The average molecular weight is 341 g/mol. The van der Waals surface area contributed by atoms with Gasteiger partial charge in [-0.3, -0.25) is 4.79 Å². The Balaban J connectivity index is 1.62. The summed E-state index contributed by atoms with van der Waals surface area (Å²) in [7, 11) is 0. The molecule has 0 aliphatic carbocycles. The molecule has 1 fully saturated rings. The summed E-state index contributed by atoms with van der Waals surface area (Å²) < 4.78 is 1.70. The molecule has 24 heavy (non-hydrogen) atoms. The zero-order valence-electron chi connectivity index (χ0n) is 13.8. The van der Waals surface area contributed by atoms with Crippen molar-refractivity contribution in [1.82, 2.24) is 24.5 Å². The molecule has 1 amide bonds. The molecule has 0 N–H and O–H groups in total. The van der Waals surface area contributed by atoms with Crippen LogP contribution in [0.15, 0.2) is 23.8 Å². The first-order chi connectivity index (χ1) is 11.6. The Bertz CT molecular complexity index is 886. The second-order valence-corrected chi connectivity index (χ2v) is 7.15. The molecule has 3 aromatic rings. The lowest BCUT2D eigenvalue weighted by atomic mass is 10.1. The minimum Gasteiger partial charge on any atom is -0.335 e. The van der Waals surface area contributed by atoms with Crippen LogP contribution in [0.1, 0.15) is 40.7 Å². The molecule has 0 bridgehead atoms. The fourth-order valence-electron chi connectivity index (χ4n) is 3.51. The van der Waals surface area contributed by atoms with Crippen molar-refractivity contribution in [3.05, 3.63) is 45.7 Å². The van der Waals surface area contributed by atoms with Gasteiger partial charge in [0.15, 0.2) is 0 Å². The first-order valence-electron chi connectivity index (χ1n) is 8.14. The SMILES string of the molecule is Cc1nc2ncnn2c(C)c1CC(=O)N1CCCC1c1cccs1. The van der Waals surface area contributed by atoms with Gasteiger partial charge in [0, 0.05) is 28.4 Å². The van der Waals surface area contributed by atoms with E-state index in [0.717, 1.165) is 36.3 Å². The normalized spacial score (nSPS) is 17.8. The Hall–Kier alpha value is -2.28. The number of hydrogen-bond donors (Lipinski definition) is 0. The molecule has 1 aliphatic heterocycles. The minimum atomic E-state index is 0.165. The molecule has 6 nitrogen and oxygen atoms in total. The predicted molar refractivity (Wildman–Crippen MR) is 92.0 cm³/mol. The van der Waals surface area contributed by atoms with Crippen LogP contribution in [-0.2, 0) is 11.2 Å². The second-order valence-electron chi connectivity index (χ2n) is 6.17. The van der Waals surface area contributed by atoms with Crippen molar-refractivity contribution in [3.8, 4) is 0 Å². The van der Waals surface area contributed by atoms with Gasteiger partial charge in [-0.05, 0) is 38.1 Å². The number of carbonyl (C=O) groups excluding carboxylic acids is 1. The highest BCUT2D eigenvalue weighted by molar-refractivity contribution is 7.10. The van der Waals surface area contributed by atoms with Crippen molar-refractivity contribution in [1.29, 1.82) is 0 Å². The van der Waals surface area contributed by atoms with Crippen LogP contribution in [0.3, 0.4) is 0 Å². The molecule has 0 spiro atoms. The molecule has 3 aromatic heterocycles. The van der Waals surface area contributed by atoms with E-state index in [9.17, 15) is 4.79 Å². The number of nitrogens with zero attached hydrogens (tertiary/aromatic N) is 5. The van der Waals surface area contributed by atoms with E-state index < -0.39 is 0 Å². The average Bonchev–Trinajstić information content (AvgIpc) is 3.30. The van der Waals surface area contributed by atoms with Crippen molar-refractivity contribution in [3.63, 3.8) is 0 Å². The molecule has 124 valence electrons. The summed E-state index contributed by atoms with van der Waals surface area (Å²) in [4.78, 5) is 24.9. The number of aryl methyl sites for hydroxylation is 2. The molecule has 7 heteroatoms. The summed E-state index contributed by atoms with van der Waals surface area (Å²) in [5.74, 6) is 0.747. The third kappa shape index (κ3) is 2.49. The highest BCUT2D eigenvalue weighted by Gasteiger charge is 2.31. The molecule has 4 heterocycles. The lowest BCUT2D eigenvalue weighted by Gasteiger charge is -2.24. The maximum atomic E-state index is 13.0. The van der Waals surface area contributed by atoms with Crippen molar-refractivity contribution < 1.29 is 4.79 Å². The van der Waals surface area contributed by atoms with E-state index in [4.69, 9.17) is 0 Å². The number of hydrogen-bond acceptors (Lipinski definition) is 5. The van der Waals surface area contributed by atoms with Crippen LogP contribution in [0.25, 0.3) is 5.78 Å². The quantitative estimate of drug-likeness (QED) is 0.735. The van der Waals surface area contributed by atoms with Crippen LogP contribution >= 0.6 is 11.3 Å². The number of thiophene rings is 1. The number of likely N-dealkylation sites (tertiary alicyclic amines) is 1. The monoisotopic (exact) mass is 341 g/mol. The third-order valence-corrected chi connectivity index (χ3v) is 5.73. The van der Waals surface area contributed by atoms with E-state index in [1.807, 2.05) is 18.7 Å². The highest BCUT2D eigenvalue weighted by Crippen LogP contribution is 2.35. The number of fused-ring (bicyclic) bond motifs is 1. The van der Waals surface area contributed by atoms with E-state index in [1.54, 1.807) is 15.9 Å². The lowest BCUT2D eigenvalue weighted by Crippen LogP contribution is -2.32. The van der Waals surface area contributed by atoms with Gasteiger partial charge in [-0.25, -0.2) is 9.50 Å². The van der Waals surface area contributed by atoms with Gasteiger partial charge in [0.05, 0.1) is 12.5 Å². The first kappa shape index (κ1) is 15.3. The van der Waals surface area contributed by atoms with Gasteiger partial charge in [-0.15, -0.1) is 11.3 Å². The van der Waals surface area contributed by atoms with Gasteiger partial charge < -0.3 is 4.90 Å². The molecular weight excluding hydrogens is 322 g/mol. The van der Waals surface area contributed by atoms with E-state index in [-0.39, 0.29) is 11.9 Å². The fourth-order valence-corrected chi connectivity index (χ4v) is 4.38. The molecule has 1 aliphatic rings. The molecule has 4 rings (SSSR count). The van der Waals surface area contributed by atoms with Gasteiger partial charge in [0.1, 0.15) is 6.33 Å². The Kier molecular flexibility index (Phi) is 3.80. The van der Waals surface area contributed by atoms with Crippen molar-refractivity contribution in [2.24, 2.45) is 0 Å². The summed E-state index contributed by atoms with van der Waals surface area (Å²) in [5, 5.41) is 6.28. The van der Waals surface area contributed by atoms with E-state index >= 15 is 0 Å². The van der Waals surface area contributed by atoms with Crippen LogP contribution in [0.4, 0.5) is 0 Å². The van der Waals surface area contributed by atoms with Gasteiger partial charge >= 0.3 is 0 Å². The zero-order chi connectivity index (χ0) is 16.7. The summed E-state index contributed by atoms with van der Waals surface area (Å²) in [6, 6.07) is 4.40. The van der Waals surface area contributed by atoms with E-state index in [0.29, 0.717) is 12.2 Å². The molecule has 0 aromatic carbocycles. The third-order valence-electron chi connectivity index (χ3n) is 4.76. The van der Waals surface area contributed by atoms with Crippen LogP contribution in [0, 0.1) is 13.8 Å². The standard InChI is InChI=1S/C17H19N5OS/c1-11-13(12(2)22-17(20-11)18-10-19-22)9-16(23)21-7-3-5-14(21)15-6-4-8-24-15/h4,6,8,10,14H,3,5,7,9H2,1-2H3.